The van der Waals surface area contributed by atoms with Crippen LogP contribution >= 0.6 is 11.6 Å². The van der Waals surface area contributed by atoms with Crippen molar-refractivity contribution in [3.05, 3.63) is 62.3 Å². The van der Waals surface area contributed by atoms with E-state index in [0.29, 0.717) is 16.8 Å². The lowest BCUT2D eigenvalue weighted by atomic mass is 9.87. The number of aryl methyl sites for hydroxylation is 1. The first kappa shape index (κ1) is 14.8. The highest BCUT2D eigenvalue weighted by Gasteiger charge is 2.33. The maximum absolute atomic E-state index is 13.2. The van der Waals surface area contributed by atoms with E-state index in [-0.39, 0.29) is 22.8 Å². The largest absolute Gasteiger partial charge is 0.426 e. The van der Waals surface area contributed by atoms with Gasteiger partial charge in [-0.25, -0.2) is 4.39 Å². The van der Waals surface area contributed by atoms with Gasteiger partial charge in [-0.3, -0.25) is 9.59 Å². The molecule has 114 valence electrons. The summed E-state index contributed by atoms with van der Waals surface area (Å²) in [6.07, 6.45) is -0.00332. The van der Waals surface area contributed by atoms with Crippen molar-refractivity contribution in [2.75, 3.05) is 0 Å². The summed E-state index contributed by atoms with van der Waals surface area (Å²) in [6.45, 7) is 1.75. The molecule has 1 aliphatic rings. The number of hydrogen-bond acceptors (Lipinski definition) is 3. The first-order chi connectivity index (χ1) is 10.4. The molecule has 0 N–H and O–H groups in total. The van der Waals surface area contributed by atoms with Gasteiger partial charge in [-0.15, -0.1) is 0 Å². The fourth-order valence-electron chi connectivity index (χ4n) is 2.70. The topological polar surface area (TPSA) is 48.3 Å². The second-order valence-corrected chi connectivity index (χ2v) is 5.73. The molecular weight excluding hydrogens is 309 g/mol. The lowest BCUT2D eigenvalue weighted by Crippen LogP contribution is -2.32. The third kappa shape index (κ3) is 2.31. The minimum absolute atomic E-state index is 0.00332. The van der Waals surface area contributed by atoms with Crippen molar-refractivity contribution in [3.8, 4) is 5.75 Å². The molecule has 0 aliphatic carbocycles. The predicted octanol–water partition coefficient (Wildman–Crippen LogP) is 2.93. The number of esters is 1. The Labute approximate surface area is 131 Å². The van der Waals surface area contributed by atoms with Crippen LogP contribution in [0.15, 0.2) is 29.1 Å². The average Bonchev–Trinajstić information content (AvgIpc) is 2.44. The summed E-state index contributed by atoms with van der Waals surface area (Å²) in [5.74, 6) is -1.19. The fourth-order valence-corrected chi connectivity index (χ4v) is 3.00. The summed E-state index contributed by atoms with van der Waals surface area (Å²) in [7, 11) is 1.65. The molecule has 2 aromatic rings. The Morgan fingerprint density at radius 1 is 1.32 bits per heavy atom. The first-order valence-electron chi connectivity index (χ1n) is 6.74. The van der Waals surface area contributed by atoms with Gasteiger partial charge in [-0.05, 0) is 24.6 Å². The van der Waals surface area contributed by atoms with Gasteiger partial charge in [0.05, 0.1) is 12.0 Å². The molecule has 3 rings (SSSR count). The van der Waals surface area contributed by atoms with E-state index < -0.39 is 17.7 Å². The molecule has 4 nitrogen and oxygen atoms in total. The molecule has 1 atom stereocenters. The SMILES string of the molecule is Cc1cc2c(c(=O)n1C)[C@H](c1ccc(F)cc1Cl)CC(=O)O2. The number of ether oxygens (including phenoxy) is 1. The molecule has 0 unspecified atom stereocenters. The Morgan fingerprint density at radius 2 is 2.05 bits per heavy atom. The number of nitrogens with zero attached hydrogens (tertiary/aromatic N) is 1. The molecular formula is C16H13ClFNO3. The van der Waals surface area contributed by atoms with Gasteiger partial charge in [-0.1, -0.05) is 17.7 Å². The number of aromatic nitrogens is 1. The molecule has 1 aromatic heterocycles. The standard InChI is InChI=1S/C16H13ClFNO3/c1-8-5-13-15(16(21)19(8)2)11(7-14(20)22-13)10-4-3-9(18)6-12(10)17/h3-6,11H,7H2,1-2H3/t11-/m0/s1. The third-order valence-electron chi connectivity index (χ3n) is 3.95. The van der Waals surface area contributed by atoms with Crippen LogP contribution in [0.2, 0.25) is 5.02 Å². The molecule has 1 aromatic carbocycles. The Kier molecular flexibility index (Phi) is 3.53. The normalized spacial score (nSPS) is 17.1. The van der Waals surface area contributed by atoms with Crippen molar-refractivity contribution < 1.29 is 13.9 Å². The Bertz CT molecular complexity index is 844. The van der Waals surface area contributed by atoms with Crippen molar-refractivity contribution in [2.24, 2.45) is 7.05 Å². The lowest BCUT2D eigenvalue weighted by molar-refractivity contribution is -0.135. The van der Waals surface area contributed by atoms with Crippen molar-refractivity contribution in [3.63, 3.8) is 0 Å². The van der Waals surface area contributed by atoms with E-state index in [4.69, 9.17) is 16.3 Å². The van der Waals surface area contributed by atoms with Gasteiger partial charge in [0.25, 0.3) is 5.56 Å². The average molecular weight is 322 g/mol. The number of benzene rings is 1. The van der Waals surface area contributed by atoms with Crippen LogP contribution in [0, 0.1) is 12.7 Å². The zero-order valence-electron chi connectivity index (χ0n) is 12.0. The summed E-state index contributed by atoms with van der Waals surface area (Å²) >= 11 is 6.10. The molecule has 0 fully saturated rings. The number of fused-ring (bicyclic) bond motifs is 1. The van der Waals surface area contributed by atoms with E-state index in [2.05, 4.69) is 0 Å². The Hall–Kier alpha value is -2.14. The number of carbonyl (C=O) groups is 1. The quantitative estimate of drug-likeness (QED) is 0.759. The third-order valence-corrected chi connectivity index (χ3v) is 4.28. The van der Waals surface area contributed by atoms with Gasteiger partial charge in [0.2, 0.25) is 0 Å². The Morgan fingerprint density at radius 3 is 2.73 bits per heavy atom. The summed E-state index contributed by atoms with van der Waals surface area (Å²) in [5.41, 5.74) is 1.36. The summed E-state index contributed by atoms with van der Waals surface area (Å²) in [6, 6.07) is 5.59. The fraction of sp³-hybridized carbons (Fsp3) is 0.250. The smallest absolute Gasteiger partial charge is 0.312 e. The van der Waals surface area contributed by atoms with Crippen LogP contribution in [0.25, 0.3) is 0 Å². The van der Waals surface area contributed by atoms with E-state index in [1.165, 1.54) is 22.8 Å². The Balaban J connectivity index is 2.26. The molecule has 0 amide bonds. The number of halogens is 2. The maximum atomic E-state index is 13.2. The van der Waals surface area contributed by atoms with Gasteiger partial charge in [0, 0.05) is 29.7 Å². The second kappa shape index (κ2) is 5.25. The highest BCUT2D eigenvalue weighted by atomic mass is 35.5. The minimum atomic E-state index is -0.538. The summed E-state index contributed by atoms with van der Waals surface area (Å²) in [4.78, 5) is 24.4. The summed E-state index contributed by atoms with van der Waals surface area (Å²) < 4.78 is 19.9. The van der Waals surface area contributed by atoms with Gasteiger partial charge in [0.15, 0.2) is 0 Å². The lowest BCUT2D eigenvalue weighted by Gasteiger charge is -2.26. The van der Waals surface area contributed by atoms with Crippen LogP contribution in [-0.2, 0) is 11.8 Å². The van der Waals surface area contributed by atoms with Gasteiger partial charge in [-0.2, -0.15) is 0 Å². The molecule has 2 heterocycles. The van der Waals surface area contributed by atoms with Crippen LogP contribution in [0.1, 0.15) is 29.2 Å². The van der Waals surface area contributed by atoms with Crippen molar-refractivity contribution >= 4 is 17.6 Å². The monoisotopic (exact) mass is 321 g/mol. The van der Waals surface area contributed by atoms with E-state index in [1.807, 2.05) is 0 Å². The molecule has 0 radical (unpaired) electrons. The van der Waals surface area contributed by atoms with E-state index >= 15 is 0 Å². The number of rotatable bonds is 1. The second-order valence-electron chi connectivity index (χ2n) is 5.32. The number of carbonyl (C=O) groups excluding carboxylic acids is 1. The van der Waals surface area contributed by atoms with Crippen molar-refractivity contribution in [1.82, 2.24) is 4.57 Å². The first-order valence-corrected chi connectivity index (χ1v) is 7.12. The zero-order chi connectivity index (χ0) is 16.0. The van der Waals surface area contributed by atoms with Gasteiger partial charge >= 0.3 is 5.97 Å². The van der Waals surface area contributed by atoms with Gasteiger partial charge < -0.3 is 9.30 Å². The molecule has 0 saturated heterocycles. The highest BCUT2D eigenvalue weighted by Crippen LogP contribution is 2.39. The van der Waals surface area contributed by atoms with E-state index in [9.17, 15) is 14.0 Å². The van der Waals surface area contributed by atoms with Crippen molar-refractivity contribution in [2.45, 2.75) is 19.3 Å². The zero-order valence-corrected chi connectivity index (χ0v) is 12.8. The van der Waals surface area contributed by atoms with Crippen LogP contribution in [0.3, 0.4) is 0 Å². The minimum Gasteiger partial charge on any atom is -0.426 e. The van der Waals surface area contributed by atoms with Crippen LogP contribution in [-0.4, -0.2) is 10.5 Å². The molecule has 0 spiro atoms. The predicted molar refractivity (Wildman–Crippen MR) is 79.9 cm³/mol. The molecule has 6 heteroatoms. The van der Waals surface area contributed by atoms with Crippen LogP contribution in [0.4, 0.5) is 4.39 Å². The molecule has 22 heavy (non-hydrogen) atoms. The number of pyridine rings is 1. The van der Waals surface area contributed by atoms with Crippen LogP contribution < -0.4 is 10.3 Å². The molecule has 0 bridgehead atoms. The van der Waals surface area contributed by atoms with E-state index in [0.717, 1.165) is 0 Å². The molecule has 1 aliphatic heterocycles. The highest BCUT2D eigenvalue weighted by molar-refractivity contribution is 6.31. The van der Waals surface area contributed by atoms with Crippen LogP contribution in [0.5, 0.6) is 5.75 Å². The van der Waals surface area contributed by atoms with E-state index in [1.54, 1.807) is 20.0 Å². The summed E-state index contributed by atoms with van der Waals surface area (Å²) in [5, 5.41) is 0.188. The molecule has 0 saturated carbocycles. The number of hydrogen-bond donors (Lipinski definition) is 0. The van der Waals surface area contributed by atoms with Crippen molar-refractivity contribution in [1.29, 1.82) is 0 Å². The maximum Gasteiger partial charge on any atom is 0.312 e. The van der Waals surface area contributed by atoms with Gasteiger partial charge in [0.1, 0.15) is 11.6 Å².